The number of aromatic nitrogens is 2. The number of nitrogens with one attached hydrogen (secondary N) is 2. The van der Waals surface area contributed by atoms with E-state index in [9.17, 15) is 14.4 Å². The van der Waals surface area contributed by atoms with Gasteiger partial charge in [0.1, 0.15) is 0 Å². The van der Waals surface area contributed by atoms with Gasteiger partial charge in [-0.2, -0.15) is 10.4 Å². The monoisotopic (exact) mass is 403 g/mol. The second-order valence-electron chi connectivity index (χ2n) is 6.73. The molecule has 0 bridgehead atoms. The zero-order chi connectivity index (χ0) is 21.5. The minimum atomic E-state index is -0.595. The highest BCUT2D eigenvalue weighted by Crippen LogP contribution is 2.13. The average molecular weight is 403 g/mol. The third kappa shape index (κ3) is 4.70. The zero-order valence-electron chi connectivity index (χ0n) is 16.5. The Morgan fingerprint density at radius 3 is 2.43 bits per heavy atom. The van der Waals surface area contributed by atoms with E-state index in [1.54, 1.807) is 48.5 Å². The van der Waals surface area contributed by atoms with Crippen molar-refractivity contribution in [3.05, 3.63) is 75.7 Å². The quantitative estimate of drug-likeness (QED) is 0.611. The number of hydrogen-bond donors (Lipinski definition) is 2. The molecule has 0 spiro atoms. The highest BCUT2D eigenvalue weighted by Gasteiger charge is 2.17. The first-order valence-corrected chi connectivity index (χ1v) is 9.61. The fourth-order valence-corrected chi connectivity index (χ4v) is 3.02. The Kier molecular flexibility index (Phi) is 6.55. The predicted molar refractivity (Wildman–Crippen MR) is 111 cm³/mol. The molecule has 8 nitrogen and oxygen atoms in total. The molecule has 2 N–H and O–H groups in total. The Morgan fingerprint density at radius 1 is 1.07 bits per heavy atom. The van der Waals surface area contributed by atoms with E-state index < -0.39 is 5.91 Å². The number of aryl methyl sites for hydroxylation is 2. The lowest BCUT2D eigenvalue weighted by molar-refractivity contribution is -0.121. The van der Waals surface area contributed by atoms with Crippen LogP contribution in [-0.2, 0) is 17.8 Å². The Hall–Kier alpha value is -3.99. The van der Waals surface area contributed by atoms with Gasteiger partial charge in [0.15, 0.2) is 5.69 Å². The Balaban J connectivity index is 1.67. The van der Waals surface area contributed by atoms with Gasteiger partial charge in [-0.1, -0.05) is 37.3 Å². The molecule has 3 rings (SSSR count). The maximum atomic E-state index is 12.6. The van der Waals surface area contributed by atoms with Crippen LogP contribution in [0.5, 0.6) is 0 Å². The lowest BCUT2D eigenvalue weighted by Gasteiger charge is -2.11. The maximum Gasteiger partial charge on any atom is 0.290 e. The van der Waals surface area contributed by atoms with E-state index in [1.165, 1.54) is 4.68 Å². The summed E-state index contributed by atoms with van der Waals surface area (Å²) >= 11 is 0. The predicted octanol–water partition coefficient (Wildman–Crippen LogP) is 2.07. The topological polar surface area (TPSA) is 117 Å². The summed E-state index contributed by atoms with van der Waals surface area (Å²) in [6, 6.07) is 15.8. The molecule has 1 aromatic heterocycles. The first kappa shape index (κ1) is 20.7. The number of rotatable bonds is 6. The second-order valence-corrected chi connectivity index (χ2v) is 6.73. The summed E-state index contributed by atoms with van der Waals surface area (Å²) in [4.78, 5) is 37.3. The maximum absolute atomic E-state index is 12.6. The molecule has 30 heavy (non-hydrogen) atoms. The standard InChI is InChI=1S/C22H21N5O3/c1-2-13-27-22(30)18-6-4-3-5-17(18)20(26-27)21(29)25-24-19(28)12-11-15-7-9-16(14-23)10-8-15/h3-10H,2,11-13H2,1H3,(H,24,28)(H,25,29). The molecule has 0 aliphatic rings. The largest absolute Gasteiger partial charge is 0.290 e. The fourth-order valence-electron chi connectivity index (χ4n) is 3.02. The zero-order valence-corrected chi connectivity index (χ0v) is 16.5. The Labute approximate surface area is 173 Å². The number of carbonyl (C=O) groups excluding carboxylic acids is 2. The van der Waals surface area contributed by atoms with Gasteiger partial charge in [-0.15, -0.1) is 0 Å². The van der Waals surface area contributed by atoms with Gasteiger partial charge in [-0.3, -0.25) is 25.2 Å². The van der Waals surface area contributed by atoms with Crippen LogP contribution in [0.15, 0.2) is 53.3 Å². The third-order valence-electron chi connectivity index (χ3n) is 4.56. The molecule has 2 amide bonds. The van der Waals surface area contributed by atoms with E-state index in [0.717, 1.165) is 5.56 Å². The molecule has 0 unspecified atom stereocenters. The first-order valence-electron chi connectivity index (χ1n) is 9.61. The second kappa shape index (κ2) is 9.47. The van der Waals surface area contributed by atoms with Crippen molar-refractivity contribution in [2.45, 2.75) is 32.7 Å². The van der Waals surface area contributed by atoms with Crippen LogP contribution >= 0.6 is 0 Å². The summed E-state index contributed by atoms with van der Waals surface area (Å²) in [5, 5.41) is 13.8. The van der Waals surface area contributed by atoms with Crippen molar-refractivity contribution in [3.63, 3.8) is 0 Å². The summed E-state index contributed by atoms with van der Waals surface area (Å²) in [5.74, 6) is -0.957. The highest BCUT2D eigenvalue weighted by atomic mass is 16.2. The van der Waals surface area contributed by atoms with Crippen molar-refractivity contribution in [1.29, 1.82) is 5.26 Å². The van der Waals surface area contributed by atoms with Crippen molar-refractivity contribution in [1.82, 2.24) is 20.6 Å². The average Bonchev–Trinajstić information content (AvgIpc) is 2.78. The van der Waals surface area contributed by atoms with Crippen LogP contribution < -0.4 is 16.4 Å². The van der Waals surface area contributed by atoms with Crippen LogP contribution in [0.4, 0.5) is 0 Å². The Morgan fingerprint density at radius 2 is 1.77 bits per heavy atom. The van der Waals surface area contributed by atoms with Gasteiger partial charge in [0.05, 0.1) is 17.0 Å². The molecular formula is C22H21N5O3. The molecule has 0 atom stereocenters. The summed E-state index contributed by atoms with van der Waals surface area (Å²) in [7, 11) is 0. The van der Waals surface area contributed by atoms with Gasteiger partial charge in [0, 0.05) is 18.4 Å². The van der Waals surface area contributed by atoms with Gasteiger partial charge in [0.25, 0.3) is 11.5 Å². The molecule has 0 fully saturated rings. The molecule has 0 aliphatic carbocycles. The summed E-state index contributed by atoms with van der Waals surface area (Å²) in [5.41, 5.74) is 6.05. The van der Waals surface area contributed by atoms with Crippen LogP contribution in [-0.4, -0.2) is 21.6 Å². The summed E-state index contributed by atoms with van der Waals surface area (Å²) in [6.07, 6.45) is 1.32. The molecule has 2 aromatic carbocycles. The van der Waals surface area contributed by atoms with Crippen molar-refractivity contribution in [2.75, 3.05) is 0 Å². The van der Waals surface area contributed by atoms with E-state index in [-0.39, 0.29) is 23.6 Å². The van der Waals surface area contributed by atoms with Crippen LogP contribution in [0, 0.1) is 11.3 Å². The van der Waals surface area contributed by atoms with Crippen LogP contribution in [0.25, 0.3) is 10.8 Å². The van der Waals surface area contributed by atoms with Gasteiger partial charge >= 0.3 is 0 Å². The Bertz CT molecular complexity index is 1180. The minimum absolute atomic E-state index is 0.0750. The number of nitrogens with zero attached hydrogens (tertiary/aromatic N) is 3. The summed E-state index contributed by atoms with van der Waals surface area (Å²) < 4.78 is 1.27. The van der Waals surface area contributed by atoms with E-state index in [1.807, 2.05) is 13.0 Å². The van der Waals surface area contributed by atoms with Crippen molar-refractivity contribution < 1.29 is 9.59 Å². The molecule has 3 aromatic rings. The van der Waals surface area contributed by atoms with E-state index in [0.29, 0.717) is 35.7 Å². The minimum Gasteiger partial charge on any atom is -0.273 e. The van der Waals surface area contributed by atoms with Crippen molar-refractivity contribution in [3.8, 4) is 6.07 Å². The normalized spacial score (nSPS) is 10.4. The van der Waals surface area contributed by atoms with Crippen molar-refractivity contribution >= 4 is 22.6 Å². The van der Waals surface area contributed by atoms with E-state index >= 15 is 0 Å². The molecule has 0 saturated heterocycles. The van der Waals surface area contributed by atoms with E-state index in [4.69, 9.17) is 5.26 Å². The van der Waals surface area contributed by atoms with Crippen LogP contribution in [0.1, 0.15) is 41.4 Å². The molecule has 0 saturated carbocycles. The summed E-state index contributed by atoms with van der Waals surface area (Å²) in [6.45, 7) is 2.30. The first-order chi connectivity index (χ1) is 14.5. The number of carbonyl (C=O) groups is 2. The highest BCUT2D eigenvalue weighted by molar-refractivity contribution is 6.05. The number of amides is 2. The SMILES string of the molecule is CCCn1nc(C(=O)NNC(=O)CCc2ccc(C#N)cc2)c2ccccc2c1=O. The van der Waals surface area contributed by atoms with Crippen molar-refractivity contribution in [2.24, 2.45) is 0 Å². The lowest BCUT2D eigenvalue weighted by Crippen LogP contribution is -2.42. The molecule has 152 valence electrons. The molecule has 8 heteroatoms. The van der Waals surface area contributed by atoms with Gasteiger partial charge in [-0.25, -0.2) is 4.68 Å². The molecular weight excluding hydrogens is 382 g/mol. The molecule has 0 aliphatic heterocycles. The van der Waals surface area contributed by atoms with Crippen LogP contribution in [0.3, 0.4) is 0 Å². The number of hydrogen-bond acceptors (Lipinski definition) is 5. The number of hydrazine groups is 1. The van der Waals surface area contributed by atoms with E-state index in [2.05, 4.69) is 16.0 Å². The number of nitriles is 1. The van der Waals surface area contributed by atoms with Gasteiger partial charge in [0.2, 0.25) is 5.91 Å². The smallest absolute Gasteiger partial charge is 0.273 e. The van der Waals surface area contributed by atoms with Gasteiger partial charge < -0.3 is 0 Å². The lowest BCUT2D eigenvalue weighted by atomic mass is 10.1. The third-order valence-corrected chi connectivity index (χ3v) is 4.56. The number of benzene rings is 2. The fraction of sp³-hybridized carbons (Fsp3) is 0.227. The molecule has 1 heterocycles. The van der Waals surface area contributed by atoms with Gasteiger partial charge in [-0.05, 0) is 36.6 Å². The molecule has 0 radical (unpaired) electrons. The number of fused-ring (bicyclic) bond motifs is 1. The van der Waals surface area contributed by atoms with Crippen LogP contribution in [0.2, 0.25) is 0 Å².